The van der Waals surface area contributed by atoms with Crippen LogP contribution >= 0.6 is 11.6 Å². The average Bonchev–Trinajstić information content (AvgIpc) is 3.16. The highest BCUT2D eigenvalue weighted by molar-refractivity contribution is 6.30. The zero-order valence-corrected chi connectivity index (χ0v) is 16.5. The van der Waals surface area contributed by atoms with Gasteiger partial charge in [-0.3, -0.25) is 4.79 Å². The lowest BCUT2D eigenvalue weighted by molar-refractivity contribution is -0.137. The van der Waals surface area contributed by atoms with E-state index in [2.05, 4.69) is 10.1 Å². The second kappa shape index (κ2) is 8.75. The molecule has 0 aliphatic heterocycles. The van der Waals surface area contributed by atoms with Gasteiger partial charge in [0.2, 0.25) is 11.7 Å². The van der Waals surface area contributed by atoms with Gasteiger partial charge in [-0.2, -0.15) is 4.98 Å². The second-order valence-electron chi connectivity index (χ2n) is 6.12. The number of hydrogen-bond donors (Lipinski definition) is 0. The lowest BCUT2D eigenvalue weighted by atomic mass is 10.2. The Bertz CT molecular complexity index is 943. The van der Waals surface area contributed by atoms with Gasteiger partial charge in [0.05, 0.1) is 13.7 Å². The van der Waals surface area contributed by atoms with E-state index in [0.717, 1.165) is 5.56 Å². The smallest absolute Gasteiger partial charge is 0.263 e. The van der Waals surface area contributed by atoms with Crippen molar-refractivity contribution in [1.82, 2.24) is 15.0 Å². The van der Waals surface area contributed by atoms with Gasteiger partial charge in [-0.1, -0.05) is 28.9 Å². The van der Waals surface area contributed by atoms with Gasteiger partial charge in [0.25, 0.3) is 5.91 Å². The predicted octanol–water partition coefficient (Wildman–Crippen LogP) is 3.82. The maximum absolute atomic E-state index is 12.6. The molecule has 0 N–H and O–H groups in total. The summed E-state index contributed by atoms with van der Waals surface area (Å²) in [5.74, 6) is 1.60. The molecule has 0 saturated heterocycles. The SMILES string of the molecule is COc1ccccc1O[C@H](C)C(=O)N(C)Cc1nc(-c2ccc(Cl)cc2)no1. The monoisotopic (exact) mass is 401 g/mol. The maximum atomic E-state index is 12.6. The largest absolute Gasteiger partial charge is 0.493 e. The fourth-order valence-corrected chi connectivity index (χ4v) is 2.71. The van der Waals surface area contributed by atoms with Crippen LogP contribution in [-0.2, 0) is 11.3 Å². The Hall–Kier alpha value is -3.06. The van der Waals surface area contributed by atoms with Gasteiger partial charge in [0.1, 0.15) is 0 Å². The minimum atomic E-state index is -0.708. The van der Waals surface area contributed by atoms with E-state index in [0.29, 0.717) is 28.2 Å². The van der Waals surface area contributed by atoms with Crippen molar-refractivity contribution in [2.75, 3.05) is 14.2 Å². The van der Waals surface area contributed by atoms with E-state index in [9.17, 15) is 4.79 Å². The fraction of sp³-hybridized carbons (Fsp3) is 0.250. The molecule has 0 unspecified atom stereocenters. The van der Waals surface area contributed by atoms with Crippen molar-refractivity contribution in [3.8, 4) is 22.9 Å². The molecular weight excluding hydrogens is 382 g/mol. The maximum Gasteiger partial charge on any atom is 0.263 e. The first kappa shape index (κ1) is 19.7. The van der Waals surface area contributed by atoms with Gasteiger partial charge in [0, 0.05) is 17.6 Å². The molecule has 146 valence electrons. The molecule has 2 aromatic carbocycles. The van der Waals surface area contributed by atoms with Crippen molar-refractivity contribution in [3.63, 3.8) is 0 Å². The molecule has 0 saturated carbocycles. The van der Waals surface area contributed by atoms with Crippen molar-refractivity contribution in [2.24, 2.45) is 0 Å². The van der Waals surface area contributed by atoms with Crippen LogP contribution in [0.15, 0.2) is 53.1 Å². The van der Waals surface area contributed by atoms with Gasteiger partial charge in [-0.05, 0) is 43.3 Å². The van der Waals surface area contributed by atoms with Crippen LogP contribution in [0.25, 0.3) is 11.4 Å². The molecule has 3 aromatic rings. The Morgan fingerprint density at radius 2 is 1.86 bits per heavy atom. The minimum absolute atomic E-state index is 0.166. The van der Waals surface area contributed by atoms with E-state index >= 15 is 0 Å². The summed E-state index contributed by atoms with van der Waals surface area (Å²) in [6.45, 7) is 1.84. The average molecular weight is 402 g/mol. The highest BCUT2D eigenvalue weighted by Crippen LogP contribution is 2.27. The van der Waals surface area contributed by atoms with Gasteiger partial charge in [-0.15, -0.1) is 0 Å². The number of aromatic nitrogens is 2. The lowest BCUT2D eigenvalue weighted by Gasteiger charge is -2.21. The molecule has 1 atom stereocenters. The lowest BCUT2D eigenvalue weighted by Crippen LogP contribution is -2.37. The molecule has 1 heterocycles. The molecule has 1 aromatic heterocycles. The van der Waals surface area contributed by atoms with Gasteiger partial charge >= 0.3 is 0 Å². The number of nitrogens with zero attached hydrogens (tertiary/aromatic N) is 3. The molecule has 1 amide bonds. The zero-order chi connectivity index (χ0) is 20.1. The van der Waals surface area contributed by atoms with Crippen LogP contribution in [-0.4, -0.2) is 41.2 Å². The number of methoxy groups -OCH3 is 1. The Labute approximate surface area is 167 Å². The number of rotatable bonds is 7. The summed E-state index contributed by atoms with van der Waals surface area (Å²) in [6, 6.07) is 14.3. The second-order valence-corrected chi connectivity index (χ2v) is 6.56. The Balaban J connectivity index is 1.63. The number of ether oxygens (including phenoxy) is 2. The molecule has 28 heavy (non-hydrogen) atoms. The third-order valence-electron chi connectivity index (χ3n) is 4.04. The molecule has 0 aliphatic carbocycles. The van der Waals surface area contributed by atoms with Gasteiger partial charge < -0.3 is 18.9 Å². The molecule has 0 aliphatic rings. The van der Waals surface area contributed by atoms with Crippen LogP contribution in [0, 0.1) is 0 Å². The number of para-hydroxylation sites is 2. The summed E-state index contributed by atoms with van der Waals surface area (Å²) < 4.78 is 16.2. The van der Waals surface area contributed by atoms with Crippen LogP contribution < -0.4 is 9.47 Å². The summed E-state index contributed by atoms with van der Waals surface area (Å²) in [4.78, 5) is 18.4. The molecule has 0 bridgehead atoms. The van der Waals surface area contributed by atoms with Crippen LogP contribution in [0.2, 0.25) is 5.02 Å². The van der Waals surface area contributed by atoms with Crippen LogP contribution in [0.4, 0.5) is 0 Å². The van der Waals surface area contributed by atoms with Crippen molar-refractivity contribution in [2.45, 2.75) is 19.6 Å². The summed E-state index contributed by atoms with van der Waals surface area (Å²) in [7, 11) is 3.20. The topological polar surface area (TPSA) is 77.7 Å². The molecule has 0 radical (unpaired) electrons. The summed E-state index contributed by atoms with van der Waals surface area (Å²) in [5.41, 5.74) is 0.779. The van der Waals surface area contributed by atoms with E-state index < -0.39 is 6.10 Å². The zero-order valence-electron chi connectivity index (χ0n) is 15.8. The van der Waals surface area contributed by atoms with Gasteiger partial charge in [0.15, 0.2) is 17.6 Å². The normalized spacial score (nSPS) is 11.7. The first-order valence-corrected chi connectivity index (χ1v) is 8.99. The minimum Gasteiger partial charge on any atom is -0.493 e. The standard InChI is InChI=1S/C20H20ClN3O4/c1-13(27-17-7-5-4-6-16(17)26-3)20(25)24(2)12-18-22-19(23-28-18)14-8-10-15(21)11-9-14/h4-11,13H,12H2,1-3H3/t13-/m1/s1. The first-order valence-electron chi connectivity index (χ1n) is 8.61. The van der Waals surface area contributed by atoms with Crippen LogP contribution in [0.5, 0.6) is 11.5 Å². The third-order valence-corrected chi connectivity index (χ3v) is 4.29. The number of likely N-dealkylation sites (N-methyl/N-ethyl adjacent to an activating group) is 1. The van der Waals surface area contributed by atoms with Crippen molar-refractivity contribution >= 4 is 17.5 Å². The molecule has 8 heteroatoms. The van der Waals surface area contributed by atoms with E-state index in [4.69, 9.17) is 25.6 Å². The Kier molecular flexibility index (Phi) is 6.16. The highest BCUT2D eigenvalue weighted by atomic mass is 35.5. The number of carbonyl (C=O) groups is 1. The summed E-state index contributed by atoms with van der Waals surface area (Å²) >= 11 is 5.89. The fourth-order valence-electron chi connectivity index (χ4n) is 2.58. The number of hydrogen-bond acceptors (Lipinski definition) is 6. The van der Waals surface area contributed by atoms with Crippen molar-refractivity contribution in [1.29, 1.82) is 0 Å². The number of benzene rings is 2. The van der Waals surface area contributed by atoms with Crippen molar-refractivity contribution in [3.05, 3.63) is 59.4 Å². The molecule has 0 fully saturated rings. The number of carbonyl (C=O) groups excluding carboxylic acids is 1. The Morgan fingerprint density at radius 3 is 2.54 bits per heavy atom. The van der Waals surface area contributed by atoms with Crippen molar-refractivity contribution < 1.29 is 18.8 Å². The summed E-state index contributed by atoms with van der Waals surface area (Å²) in [5, 5.41) is 4.58. The highest BCUT2D eigenvalue weighted by Gasteiger charge is 2.22. The van der Waals surface area contributed by atoms with Crippen LogP contribution in [0.1, 0.15) is 12.8 Å². The Morgan fingerprint density at radius 1 is 1.18 bits per heavy atom. The molecular formula is C20H20ClN3O4. The predicted molar refractivity (Wildman–Crippen MR) is 104 cm³/mol. The third kappa shape index (κ3) is 4.61. The quantitative estimate of drug-likeness (QED) is 0.598. The number of amides is 1. The van der Waals surface area contributed by atoms with E-state index in [-0.39, 0.29) is 12.5 Å². The van der Waals surface area contributed by atoms with E-state index in [1.807, 2.05) is 12.1 Å². The van der Waals surface area contributed by atoms with E-state index in [1.54, 1.807) is 57.5 Å². The summed E-state index contributed by atoms with van der Waals surface area (Å²) in [6.07, 6.45) is -0.708. The number of halogens is 1. The molecule has 7 nitrogen and oxygen atoms in total. The van der Waals surface area contributed by atoms with Gasteiger partial charge in [-0.25, -0.2) is 0 Å². The van der Waals surface area contributed by atoms with E-state index in [1.165, 1.54) is 4.90 Å². The molecule has 3 rings (SSSR count). The van der Waals surface area contributed by atoms with Crippen LogP contribution in [0.3, 0.4) is 0 Å². The first-order chi connectivity index (χ1) is 13.5. The molecule has 0 spiro atoms.